The van der Waals surface area contributed by atoms with E-state index in [0.29, 0.717) is 25.9 Å². The van der Waals surface area contributed by atoms with Crippen LogP contribution in [-0.4, -0.2) is 46.4 Å². The Balaban J connectivity index is 2.56. The zero-order valence-corrected chi connectivity index (χ0v) is 15.1. The van der Waals surface area contributed by atoms with E-state index in [1.807, 2.05) is 13.8 Å². The summed E-state index contributed by atoms with van der Waals surface area (Å²) in [4.78, 5) is 37.9. The van der Waals surface area contributed by atoms with Crippen molar-refractivity contribution in [3.05, 3.63) is 0 Å². The molecule has 0 atom stereocenters. The molecule has 138 valence electrons. The standard InChI is InChI=1S/C18H32N2O4/c1-3-13-20(14-4-2)16(22)10-9-15(21)19-18(17(23)24)11-7-5-6-8-12-18/h3-14H2,1-2H3,(H,19,21)(H,23,24). The van der Waals surface area contributed by atoms with Crippen LogP contribution in [0, 0.1) is 0 Å². The van der Waals surface area contributed by atoms with Crippen molar-refractivity contribution in [1.29, 1.82) is 0 Å². The maximum absolute atomic E-state index is 12.2. The first kappa shape index (κ1) is 20.5. The first-order chi connectivity index (χ1) is 11.4. The molecule has 0 aromatic rings. The Morgan fingerprint density at radius 1 is 0.958 bits per heavy atom. The molecule has 1 rings (SSSR count). The van der Waals surface area contributed by atoms with Crippen LogP contribution < -0.4 is 5.32 Å². The Morgan fingerprint density at radius 2 is 1.50 bits per heavy atom. The summed E-state index contributed by atoms with van der Waals surface area (Å²) >= 11 is 0. The predicted molar refractivity (Wildman–Crippen MR) is 92.6 cm³/mol. The summed E-state index contributed by atoms with van der Waals surface area (Å²) in [6, 6.07) is 0. The average Bonchev–Trinajstić information content (AvgIpc) is 2.79. The summed E-state index contributed by atoms with van der Waals surface area (Å²) < 4.78 is 0. The van der Waals surface area contributed by atoms with E-state index in [1.54, 1.807) is 4.90 Å². The molecule has 1 saturated carbocycles. The second-order valence-corrected chi connectivity index (χ2v) is 6.73. The van der Waals surface area contributed by atoms with Crippen molar-refractivity contribution in [2.75, 3.05) is 13.1 Å². The van der Waals surface area contributed by atoms with Gasteiger partial charge in [-0.15, -0.1) is 0 Å². The summed E-state index contributed by atoms with van der Waals surface area (Å²) in [5, 5.41) is 12.3. The average molecular weight is 340 g/mol. The number of rotatable bonds is 9. The molecule has 0 aliphatic heterocycles. The summed E-state index contributed by atoms with van der Waals surface area (Å²) in [6.07, 6.45) is 6.55. The third-order valence-corrected chi connectivity index (χ3v) is 4.65. The second-order valence-electron chi connectivity index (χ2n) is 6.73. The molecule has 1 aliphatic rings. The fraction of sp³-hybridized carbons (Fsp3) is 0.833. The SMILES string of the molecule is CCCN(CCC)C(=O)CCC(=O)NC1(C(=O)O)CCCCCC1. The minimum Gasteiger partial charge on any atom is -0.480 e. The molecule has 0 aromatic heterocycles. The molecule has 0 bridgehead atoms. The Hall–Kier alpha value is -1.59. The van der Waals surface area contributed by atoms with Crippen molar-refractivity contribution in [2.45, 2.75) is 83.6 Å². The number of carboxylic acids is 1. The highest BCUT2D eigenvalue weighted by atomic mass is 16.4. The van der Waals surface area contributed by atoms with Gasteiger partial charge in [0.25, 0.3) is 0 Å². The van der Waals surface area contributed by atoms with Crippen LogP contribution in [0.15, 0.2) is 0 Å². The predicted octanol–water partition coefficient (Wildman–Crippen LogP) is 2.71. The van der Waals surface area contributed by atoms with Crippen LogP contribution in [0.3, 0.4) is 0 Å². The van der Waals surface area contributed by atoms with E-state index in [2.05, 4.69) is 5.32 Å². The van der Waals surface area contributed by atoms with Crippen LogP contribution in [-0.2, 0) is 14.4 Å². The molecule has 1 fully saturated rings. The minimum absolute atomic E-state index is 0.0286. The van der Waals surface area contributed by atoms with E-state index in [1.165, 1.54) is 0 Å². The molecule has 0 heterocycles. The monoisotopic (exact) mass is 340 g/mol. The third kappa shape index (κ3) is 6.13. The van der Waals surface area contributed by atoms with Crippen molar-refractivity contribution in [3.8, 4) is 0 Å². The van der Waals surface area contributed by atoms with E-state index in [4.69, 9.17) is 0 Å². The maximum Gasteiger partial charge on any atom is 0.329 e. The van der Waals surface area contributed by atoms with Crippen molar-refractivity contribution in [1.82, 2.24) is 10.2 Å². The van der Waals surface area contributed by atoms with Gasteiger partial charge >= 0.3 is 5.97 Å². The summed E-state index contributed by atoms with van der Waals surface area (Å²) in [5.41, 5.74) is -1.15. The summed E-state index contributed by atoms with van der Waals surface area (Å²) in [7, 11) is 0. The molecular weight excluding hydrogens is 308 g/mol. The fourth-order valence-corrected chi connectivity index (χ4v) is 3.33. The van der Waals surface area contributed by atoms with Gasteiger partial charge in [-0.3, -0.25) is 9.59 Å². The molecule has 0 saturated heterocycles. The van der Waals surface area contributed by atoms with Crippen LogP contribution in [0.25, 0.3) is 0 Å². The number of amides is 2. The molecule has 24 heavy (non-hydrogen) atoms. The molecule has 2 amide bonds. The van der Waals surface area contributed by atoms with E-state index in [-0.39, 0.29) is 24.7 Å². The van der Waals surface area contributed by atoms with Crippen LogP contribution in [0.2, 0.25) is 0 Å². The van der Waals surface area contributed by atoms with Gasteiger partial charge in [0, 0.05) is 25.9 Å². The lowest BCUT2D eigenvalue weighted by Gasteiger charge is -2.29. The van der Waals surface area contributed by atoms with Gasteiger partial charge in [-0.1, -0.05) is 39.5 Å². The normalized spacial score (nSPS) is 16.9. The minimum atomic E-state index is -1.15. The molecule has 6 nitrogen and oxygen atoms in total. The molecule has 0 radical (unpaired) electrons. The van der Waals surface area contributed by atoms with Crippen LogP contribution >= 0.6 is 0 Å². The highest BCUT2D eigenvalue weighted by Gasteiger charge is 2.39. The van der Waals surface area contributed by atoms with Gasteiger partial charge < -0.3 is 15.3 Å². The number of carboxylic acid groups (broad SMARTS) is 1. The number of nitrogens with zero attached hydrogens (tertiary/aromatic N) is 1. The summed E-state index contributed by atoms with van der Waals surface area (Å²) in [5.74, 6) is -1.32. The van der Waals surface area contributed by atoms with Gasteiger partial charge in [-0.2, -0.15) is 0 Å². The van der Waals surface area contributed by atoms with Gasteiger partial charge in [0.1, 0.15) is 5.54 Å². The molecule has 6 heteroatoms. The first-order valence-electron chi connectivity index (χ1n) is 9.27. The number of carbonyl (C=O) groups excluding carboxylic acids is 2. The van der Waals surface area contributed by atoms with Crippen molar-refractivity contribution in [2.24, 2.45) is 0 Å². The Bertz CT molecular complexity index is 423. The molecule has 0 spiro atoms. The van der Waals surface area contributed by atoms with Crippen LogP contribution in [0.4, 0.5) is 0 Å². The third-order valence-electron chi connectivity index (χ3n) is 4.65. The number of nitrogens with one attached hydrogen (secondary N) is 1. The maximum atomic E-state index is 12.2. The largest absolute Gasteiger partial charge is 0.480 e. The van der Waals surface area contributed by atoms with Crippen molar-refractivity contribution < 1.29 is 19.5 Å². The quantitative estimate of drug-likeness (QED) is 0.632. The van der Waals surface area contributed by atoms with E-state index >= 15 is 0 Å². The Kier molecular flexibility index (Phi) is 8.79. The summed E-state index contributed by atoms with van der Waals surface area (Å²) in [6.45, 7) is 5.44. The highest BCUT2D eigenvalue weighted by molar-refractivity contribution is 5.89. The molecule has 2 N–H and O–H groups in total. The van der Waals surface area contributed by atoms with Crippen molar-refractivity contribution >= 4 is 17.8 Å². The molecule has 0 unspecified atom stereocenters. The highest BCUT2D eigenvalue weighted by Crippen LogP contribution is 2.27. The van der Waals surface area contributed by atoms with E-state index < -0.39 is 11.5 Å². The topological polar surface area (TPSA) is 86.7 Å². The Labute approximate surface area is 145 Å². The fourth-order valence-electron chi connectivity index (χ4n) is 3.33. The van der Waals surface area contributed by atoms with Gasteiger partial charge in [0.05, 0.1) is 0 Å². The lowest BCUT2D eigenvalue weighted by atomic mass is 9.90. The first-order valence-corrected chi connectivity index (χ1v) is 9.27. The number of aliphatic carboxylic acids is 1. The molecule has 0 aromatic carbocycles. The smallest absolute Gasteiger partial charge is 0.329 e. The zero-order valence-electron chi connectivity index (χ0n) is 15.1. The second kappa shape index (κ2) is 10.3. The van der Waals surface area contributed by atoms with Gasteiger partial charge in [-0.05, 0) is 25.7 Å². The van der Waals surface area contributed by atoms with Gasteiger partial charge in [0.15, 0.2) is 0 Å². The lowest BCUT2D eigenvalue weighted by molar-refractivity contribution is -0.148. The van der Waals surface area contributed by atoms with E-state index in [9.17, 15) is 19.5 Å². The van der Waals surface area contributed by atoms with E-state index in [0.717, 1.165) is 38.5 Å². The van der Waals surface area contributed by atoms with Crippen LogP contribution in [0.5, 0.6) is 0 Å². The number of hydrogen-bond donors (Lipinski definition) is 2. The van der Waals surface area contributed by atoms with Gasteiger partial charge in [-0.25, -0.2) is 4.79 Å². The van der Waals surface area contributed by atoms with Crippen molar-refractivity contribution in [3.63, 3.8) is 0 Å². The number of hydrogen-bond acceptors (Lipinski definition) is 3. The molecular formula is C18H32N2O4. The lowest BCUT2D eigenvalue weighted by Crippen LogP contribution is -2.54. The zero-order chi connectivity index (χ0) is 18.0. The van der Waals surface area contributed by atoms with Gasteiger partial charge in [0.2, 0.25) is 11.8 Å². The molecule has 1 aliphatic carbocycles. The Morgan fingerprint density at radius 3 is 1.96 bits per heavy atom. The van der Waals surface area contributed by atoms with Crippen LogP contribution in [0.1, 0.15) is 78.1 Å². The number of carbonyl (C=O) groups is 3.